The number of piperidine rings is 1. The molecule has 0 spiro atoms. The van der Waals surface area contributed by atoms with Crippen LogP contribution in [0.1, 0.15) is 42.1 Å². The number of rotatable bonds is 5. The summed E-state index contributed by atoms with van der Waals surface area (Å²) in [6.07, 6.45) is 0.616. The maximum absolute atomic E-state index is 12.9. The molecule has 5 amide bonds. The van der Waals surface area contributed by atoms with Crippen LogP contribution in [0.25, 0.3) is 0 Å². The zero-order chi connectivity index (χ0) is 18.6. The highest BCUT2D eigenvalue weighted by Crippen LogP contribution is 2.24. The maximum Gasteiger partial charge on any atom is 0.263 e. The quantitative estimate of drug-likeness (QED) is 0.604. The van der Waals surface area contributed by atoms with E-state index < -0.39 is 23.8 Å². The molecule has 1 aromatic carbocycles. The van der Waals surface area contributed by atoms with E-state index in [0.29, 0.717) is 5.56 Å². The predicted octanol–water partition coefficient (Wildman–Crippen LogP) is 0.747. The van der Waals surface area contributed by atoms with Gasteiger partial charge in [-0.2, -0.15) is 0 Å². The van der Waals surface area contributed by atoms with Crippen LogP contribution in [-0.2, 0) is 19.2 Å². The molecule has 2 rings (SSSR count). The van der Waals surface area contributed by atoms with E-state index in [1.165, 1.54) is 0 Å². The van der Waals surface area contributed by atoms with Gasteiger partial charge in [0, 0.05) is 12.8 Å². The Labute approximate surface area is 144 Å². The minimum atomic E-state index is -1.06. The molecule has 2 N–H and O–H groups in total. The third kappa shape index (κ3) is 3.90. The number of carbonyl (C=O) groups excluding carboxylic acids is 5. The van der Waals surface area contributed by atoms with Gasteiger partial charge in [-0.15, -0.1) is 0 Å². The Morgan fingerprint density at radius 3 is 2.68 bits per heavy atom. The fourth-order valence-electron chi connectivity index (χ4n) is 2.63. The second kappa shape index (κ2) is 7.69. The standard InChI is InChI=1S/C17H19N3O5/c1-3-13(22)18-11-6-4-5-10(2)15(11)17(25)20(9-21)12-7-8-14(23)19-16(12)24/h4-6,9,12H,3,7-8H2,1-2H3,(H,18,22)(H,19,23,24). The number of benzene rings is 1. The van der Waals surface area contributed by atoms with Crippen molar-refractivity contribution in [2.45, 2.75) is 39.2 Å². The summed E-state index contributed by atoms with van der Waals surface area (Å²) >= 11 is 0. The molecule has 1 aromatic rings. The number of nitrogens with zero attached hydrogens (tertiary/aromatic N) is 1. The number of anilines is 1. The average molecular weight is 345 g/mol. The van der Waals surface area contributed by atoms with Gasteiger partial charge in [-0.05, 0) is 25.0 Å². The lowest BCUT2D eigenvalue weighted by Crippen LogP contribution is -2.54. The molecule has 8 nitrogen and oxygen atoms in total. The van der Waals surface area contributed by atoms with Gasteiger partial charge < -0.3 is 5.32 Å². The number of hydrogen-bond donors (Lipinski definition) is 2. The van der Waals surface area contributed by atoms with Gasteiger partial charge in [0.05, 0.1) is 11.3 Å². The number of nitrogens with one attached hydrogen (secondary N) is 2. The van der Waals surface area contributed by atoms with Gasteiger partial charge in [0.2, 0.25) is 24.1 Å². The zero-order valence-corrected chi connectivity index (χ0v) is 14.0. The Morgan fingerprint density at radius 1 is 1.36 bits per heavy atom. The van der Waals surface area contributed by atoms with E-state index in [1.807, 2.05) is 0 Å². The van der Waals surface area contributed by atoms with Crippen molar-refractivity contribution >= 4 is 35.7 Å². The predicted molar refractivity (Wildman–Crippen MR) is 88.5 cm³/mol. The molecule has 1 fully saturated rings. The van der Waals surface area contributed by atoms with Crippen LogP contribution in [0.3, 0.4) is 0 Å². The summed E-state index contributed by atoms with van der Waals surface area (Å²) in [4.78, 5) is 60.1. The number of imide groups is 2. The van der Waals surface area contributed by atoms with Gasteiger partial charge >= 0.3 is 0 Å². The van der Waals surface area contributed by atoms with Gasteiger partial charge in [-0.3, -0.25) is 34.2 Å². The van der Waals surface area contributed by atoms with Crippen molar-refractivity contribution in [1.29, 1.82) is 0 Å². The first-order valence-electron chi connectivity index (χ1n) is 7.90. The molecule has 0 aliphatic carbocycles. The van der Waals surface area contributed by atoms with Crippen LogP contribution in [0.2, 0.25) is 0 Å². The summed E-state index contributed by atoms with van der Waals surface area (Å²) in [6, 6.07) is 3.84. The van der Waals surface area contributed by atoms with E-state index in [2.05, 4.69) is 10.6 Å². The highest BCUT2D eigenvalue weighted by atomic mass is 16.2. The second-order valence-corrected chi connectivity index (χ2v) is 5.68. The van der Waals surface area contributed by atoms with Crippen LogP contribution >= 0.6 is 0 Å². The summed E-state index contributed by atoms with van der Waals surface area (Å²) in [5, 5.41) is 4.75. The van der Waals surface area contributed by atoms with Crippen molar-refractivity contribution in [1.82, 2.24) is 10.2 Å². The molecule has 0 radical (unpaired) electrons. The molecular weight excluding hydrogens is 326 g/mol. The van der Waals surface area contributed by atoms with Gasteiger partial charge in [-0.1, -0.05) is 19.1 Å². The molecule has 1 unspecified atom stereocenters. The van der Waals surface area contributed by atoms with E-state index in [0.717, 1.165) is 4.90 Å². The van der Waals surface area contributed by atoms with Crippen LogP contribution in [0.15, 0.2) is 18.2 Å². The first-order chi connectivity index (χ1) is 11.9. The van der Waals surface area contributed by atoms with Crippen molar-refractivity contribution in [2.75, 3.05) is 5.32 Å². The number of aryl methyl sites for hydroxylation is 1. The fourth-order valence-corrected chi connectivity index (χ4v) is 2.63. The monoisotopic (exact) mass is 345 g/mol. The molecule has 1 atom stereocenters. The van der Waals surface area contributed by atoms with E-state index in [4.69, 9.17) is 0 Å². The van der Waals surface area contributed by atoms with Crippen LogP contribution in [0, 0.1) is 6.92 Å². The van der Waals surface area contributed by atoms with E-state index >= 15 is 0 Å². The smallest absolute Gasteiger partial charge is 0.263 e. The van der Waals surface area contributed by atoms with Crippen LogP contribution in [0.4, 0.5) is 5.69 Å². The molecule has 1 aliphatic rings. The lowest BCUT2D eigenvalue weighted by molar-refractivity contribution is -0.139. The van der Waals surface area contributed by atoms with Crippen molar-refractivity contribution in [2.24, 2.45) is 0 Å². The average Bonchev–Trinajstić information content (AvgIpc) is 2.57. The molecule has 25 heavy (non-hydrogen) atoms. The molecule has 1 saturated heterocycles. The summed E-state index contributed by atoms with van der Waals surface area (Å²) in [5.41, 5.74) is 0.968. The Balaban J connectivity index is 2.37. The van der Waals surface area contributed by atoms with Crippen LogP contribution < -0.4 is 10.6 Å². The van der Waals surface area contributed by atoms with Gasteiger partial charge in [0.25, 0.3) is 5.91 Å². The first-order valence-corrected chi connectivity index (χ1v) is 7.90. The molecule has 0 saturated carbocycles. The Morgan fingerprint density at radius 2 is 2.08 bits per heavy atom. The molecule has 8 heteroatoms. The van der Waals surface area contributed by atoms with E-state index in [9.17, 15) is 24.0 Å². The minimum absolute atomic E-state index is 0.0429. The lowest BCUT2D eigenvalue weighted by atomic mass is 10.0. The molecular formula is C17H19N3O5. The summed E-state index contributed by atoms with van der Waals surface area (Å²) in [6.45, 7) is 3.34. The largest absolute Gasteiger partial charge is 0.325 e. The summed E-state index contributed by atoms with van der Waals surface area (Å²) < 4.78 is 0. The number of carbonyl (C=O) groups is 5. The van der Waals surface area contributed by atoms with E-state index in [1.54, 1.807) is 32.0 Å². The number of amides is 5. The Hall–Kier alpha value is -3.03. The third-order valence-electron chi connectivity index (χ3n) is 3.98. The molecule has 1 heterocycles. The fraction of sp³-hybridized carbons (Fsp3) is 0.353. The van der Waals surface area contributed by atoms with Crippen molar-refractivity contribution in [3.63, 3.8) is 0 Å². The summed E-state index contributed by atoms with van der Waals surface area (Å²) in [7, 11) is 0. The minimum Gasteiger partial charge on any atom is -0.325 e. The van der Waals surface area contributed by atoms with Crippen LogP contribution in [0.5, 0.6) is 0 Å². The molecule has 0 aromatic heterocycles. The van der Waals surface area contributed by atoms with Crippen molar-refractivity contribution in [3.8, 4) is 0 Å². The number of hydrogen-bond acceptors (Lipinski definition) is 5. The van der Waals surface area contributed by atoms with Gasteiger partial charge in [0.1, 0.15) is 6.04 Å². The van der Waals surface area contributed by atoms with Crippen LogP contribution in [-0.4, -0.2) is 41.0 Å². The molecule has 0 bridgehead atoms. The highest BCUT2D eigenvalue weighted by Gasteiger charge is 2.36. The first kappa shape index (κ1) is 18.3. The van der Waals surface area contributed by atoms with E-state index in [-0.39, 0.29) is 42.8 Å². The van der Waals surface area contributed by atoms with Crippen molar-refractivity contribution in [3.05, 3.63) is 29.3 Å². The third-order valence-corrected chi connectivity index (χ3v) is 3.98. The topological polar surface area (TPSA) is 113 Å². The van der Waals surface area contributed by atoms with Gasteiger partial charge in [-0.25, -0.2) is 0 Å². The highest BCUT2D eigenvalue weighted by molar-refractivity contribution is 6.11. The lowest BCUT2D eigenvalue weighted by Gasteiger charge is -2.29. The maximum atomic E-state index is 12.9. The zero-order valence-electron chi connectivity index (χ0n) is 14.0. The molecule has 1 aliphatic heterocycles. The Bertz CT molecular complexity index is 744. The normalized spacial score (nSPS) is 16.8. The van der Waals surface area contributed by atoms with Crippen molar-refractivity contribution < 1.29 is 24.0 Å². The Kier molecular flexibility index (Phi) is 5.63. The molecule has 132 valence electrons. The second-order valence-electron chi connectivity index (χ2n) is 5.68. The summed E-state index contributed by atoms with van der Waals surface area (Å²) in [5.74, 6) is -2.11. The van der Waals surface area contributed by atoms with Gasteiger partial charge in [0.15, 0.2) is 0 Å². The SMILES string of the molecule is CCC(=O)Nc1cccc(C)c1C(=O)N(C=O)C1CCC(=O)NC1=O.